The molecule has 7 heteroatoms. The average molecular weight is 399 g/mol. The van der Waals surface area contributed by atoms with Crippen LogP contribution in [0.15, 0.2) is 54.0 Å². The Labute approximate surface area is 164 Å². The van der Waals surface area contributed by atoms with Gasteiger partial charge in [-0.25, -0.2) is 4.98 Å². The van der Waals surface area contributed by atoms with Crippen molar-refractivity contribution in [1.29, 1.82) is 5.26 Å². The number of alkyl halides is 3. The molecule has 3 nitrogen and oxygen atoms in total. The minimum absolute atomic E-state index is 0.244. The fourth-order valence-corrected chi connectivity index (χ4v) is 3.49. The third-order valence-corrected chi connectivity index (χ3v) is 4.96. The van der Waals surface area contributed by atoms with Gasteiger partial charge in [0.15, 0.2) is 0 Å². The number of anilines is 1. The number of thiazole rings is 1. The van der Waals surface area contributed by atoms with E-state index in [1.54, 1.807) is 0 Å². The van der Waals surface area contributed by atoms with Crippen LogP contribution in [-0.4, -0.2) is 4.98 Å². The lowest BCUT2D eigenvalue weighted by Gasteiger charge is -2.08. The molecule has 0 amide bonds. The van der Waals surface area contributed by atoms with Gasteiger partial charge in [-0.2, -0.15) is 18.4 Å². The van der Waals surface area contributed by atoms with Crippen LogP contribution in [0, 0.1) is 25.2 Å². The monoisotopic (exact) mass is 399 g/mol. The number of nitrogens with zero attached hydrogens (tertiary/aromatic N) is 2. The van der Waals surface area contributed by atoms with E-state index in [-0.39, 0.29) is 11.3 Å². The molecule has 3 rings (SSSR count). The molecular weight excluding hydrogens is 383 g/mol. The number of nitriles is 1. The SMILES string of the molecule is Cc1ccc(-c2csc(/C(C#N)=C/Nc3cccc(C(F)(F)F)c3)n2)c(C)c1. The van der Waals surface area contributed by atoms with Crippen molar-refractivity contribution < 1.29 is 13.2 Å². The molecule has 0 fully saturated rings. The predicted molar refractivity (Wildman–Crippen MR) is 106 cm³/mol. The van der Waals surface area contributed by atoms with Gasteiger partial charge in [-0.15, -0.1) is 11.3 Å². The molecule has 3 aromatic rings. The Bertz CT molecular complexity index is 1070. The third-order valence-electron chi connectivity index (χ3n) is 4.09. The van der Waals surface area contributed by atoms with E-state index in [0.29, 0.717) is 5.01 Å². The first kappa shape index (κ1) is 19.6. The largest absolute Gasteiger partial charge is 0.416 e. The number of benzene rings is 2. The van der Waals surface area contributed by atoms with E-state index >= 15 is 0 Å². The summed E-state index contributed by atoms with van der Waals surface area (Å²) in [6.45, 7) is 4.01. The second kappa shape index (κ2) is 7.87. The molecule has 0 unspecified atom stereocenters. The van der Waals surface area contributed by atoms with Gasteiger partial charge in [0.2, 0.25) is 0 Å². The van der Waals surface area contributed by atoms with Crippen LogP contribution in [0.4, 0.5) is 18.9 Å². The fourth-order valence-electron chi connectivity index (χ4n) is 2.70. The van der Waals surface area contributed by atoms with Crippen molar-refractivity contribution in [3.63, 3.8) is 0 Å². The molecule has 28 heavy (non-hydrogen) atoms. The molecule has 0 radical (unpaired) electrons. The molecule has 1 N–H and O–H groups in total. The number of hydrogen-bond donors (Lipinski definition) is 1. The fraction of sp³-hybridized carbons (Fsp3) is 0.143. The number of aryl methyl sites for hydroxylation is 2. The quantitative estimate of drug-likeness (QED) is 0.515. The van der Waals surface area contributed by atoms with E-state index < -0.39 is 11.7 Å². The van der Waals surface area contributed by atoms with Crippen molar-refractivity contribution in [3.05, 3.63) is 75.7 Å². The van der Waals surface area contributed by atoms with Crippen LogP contribution >= 0.6 is 11.3 Å². The van der Waals surface area contributed by atoms with E-state index in [4.69, 9.17) is 0 Å². The number of aromatic nitrogens is 1. The molecule has 2 aromatic carbocycles. The lowest BCUT2D eigenvalue weighted by atomic mass is 10.0. The Morgan fingerprint density at radius 2 is 1.96 bits per heavy atom. The van der Waals surface area contributed by atoms with Crippen LogP contribution in [-0.2, 0) is 6.18 Å². The van der Waals surface area contributed by atoms with E-state index in [9.17, 15) is 18.4 Å². The molecule has 142 valence electrons. The summed E-state index contributed by atoms with van der Waals surface area (Å²) in [5, 5.41) is 14.6. The molecule has 1 aromatic heterocycles. The van der Waals surface area contributed by atoms with Gasteiger partial charge in [-0.1, -0.05) is 29.8 Å². The maximum atomic E-state index is 12.8. The zero-order chi connectivity index (χ0) is 20.3. The Morgan fingerprint density at radius 1 is 1.18 bits per heavy atom. The van der Waals surface area contributed by atoms with Gasteiger partial charge in [-0.05, 0) is 37.6 Å². The van der Waals surface area contributed by atoms with E-state index in [1.807, 2.05) is 37.4 Å². The molecule has 0 aliphatic heterocycles. The summed E-state index contributed by atoms with van der Waals surface area (Å²) in [6, 6.07) is 12.9. The van der Waals surface area contributed by atoms with Gasteiger partial charge in [0.1, 0.15) is 16.6 Å². The van der Waals surface area contributed by atoms with Crippen LogP contribution in [0.3, 0.4) is 0 Å². The van der Waals surface area contributed by atoms with Crippen molar-refractivity contribution in [2.24, 2.45) is 0 Å². The topological polar surface area (TPSA) is 48.7 Å². The summed E-state index contributed by atoms with van der Waals surface area (Å²) in [5.41, 5.74) is 3.72. The molecule has 0 bridgehead atoms. The Kier molecular flexibility index (Phi) is 5.52. The Hall–Kier alpha value is -3.11. The Morgan fingerprint density at radius 3 is 2.64 bits per heavy atom. The highest BCUT2D eigenvalue weighted by atomic mass is 32.1. The van der Waals surface area contributed by atoms with Crippen molar-refractivity contribution >= 4 is 22.6 Å². The molecule has 0 saturated carbocycles. The molecular formula is C21H16F3N3S. The van der Waals surface area contributed by atoms with Crippen molar-refractivity contribution in [2.75, 3.05) is 5.32 Å². The molecule has 0 atom stereocenters. The zero-order valence-corrected chi connectivity index (χ0v) is 15.9. The number of hydrogen-bond acceptors (Lipinski definition) is 4. The minimum Gasteiger partial charge on any atom is -0.360 e. The number of allylic oxidation sites excluding steroid dienone is 1. The van der Waals surface area contributed by atoms with E-state index in [0.717, 1.165) is 34.5 Å². The van der Waals surface area contributed by atoms with Gasteiger partial charge in [0.25, 0.3) is 0 Å². The highest BCUT2D eigenvalue weighted by molar-refractivity contribution is 7.11. The van der Waals surface area contributed by atoms with Gasteiger partial charge >= 0.3 is 6.18 Å². The van der Waals surface area contributed by atoms with Crippen LogP contribution in [0.2, 0.25) is 0 Å². The molecule has 0 spiro atoms. The summed E-state index contributed by atoms with van der Waals surface area (Å²) in [5.74, 6) is 0. The highest BCUT2D eigenvalue weighted by Crippen LogP contribution is 2.31. The normalized spacial score (nSPS) is 11.9. The first-order valence-electron chi connectivity index (χ1n) is 8.35. The van der Waals surface area contributed by atoms with Crippen molar-refractivity contribution in [3.8, 4) is 17.3 Å². The highest BCUT2D eigenvalue weighted by Gasteiger charge is 2.30. The van der Waals surface area contributed by atoms with Crippen LogP contribution < -0.4 is 5.32 Å². The summed E-state index contributed by atoms with van der Waals surface area (Å²) >= 11 is 1.31. The summed E-state index contributed by atoms with van der Waals surface area (Å²) in [7, 11) is 0. The summed E-state index contributed by atoms with van der Waals surface area (Å²) in [4.78, 5) is 4.52. The van der Waals surface area contributed by atoms with Gasteiger partial charge < -0.3 is 5.32 Å². The standard InChI is InChI=1S/C21H16F3N3S/c1-13-6-7-18(14(2)8-13)19-12-28-20(27-19)15(10-25)11-26-17-5-3-4-16(9-17)21(22,23)24/h3-9,11-12,26H,1-2H3/b15-11+. The van der Waals surface area contributed by atoms with Gasteiger partial charge in [-0.3, -0.25) is 0 Å². The van der Waals surface area contributed by atoms with E-state index in [1.165, 1.54) is 29.7 Å². The maximum Gasteiger partial charge on any atom is 0.416 e. The first-order chi connectivity index (χ1) is 13.3. The number of nitrogens with one attached hydrogen (secondary N) is 1. The van der Waals surface area contributed by atoms with Gasteiger partial charge in [0.05, 0.1) is 11.3 Å². The molecule has 1 heterocycles. The summed E-state index contributed by atoms with van der Waals surface area (Å²) < 4.78 is 38.4. The molecule has 0 aliphatic carbocycles. The number of halogens is 3. The van der Waals surface area contributed by atoms with Crippen LogP contribution in [0.25, 0.3) is 16.8 Å². The van der Waals surface area contributed by atoms with E-state index in [2.05, 4.69) is 16.4 Å². The lowest BCUT2D eigenvalue weighted by Crippen LogP contribution is -2.05. The maximum absolute atomic E-state index is 12.8. The first-order valence-corrected chi connectivity index (χ1v) is 9.23. The second-order valence-corrected chi connectivity index (χ2v) is 7.11. The van der Waals surface area contributed by atoms with Crippen LogP contribution in [0.5, 0.6) is 0 Å². The zero-order valence-electron chi connectivity index (χ0n) is 15.1. The predicted octanol–water partition coefficient (Wildman–Crippen LogP) is 6.42. The van der Waals surface area contributed by atoms with Crippen molar-refractivity contribution in [1.82, 2.24) is 4.98 Å². The smallest absolute Gasteiger partial charge is 0.360 e. The average Bonchev–Trinajstić information content (AvgIpc) is 3.11. The summed E-state index contributed by atoms with van der Waals surface area (Å²) in [6.07, 6.45) is -3.05. The molecule has 0 aliphatic rings. The van der Waals surface area contributed by atoms with Crippen LogP contribution in [0.1, 0.15) is 21.7 Å². The number of rotatable bonds is 4. The van der Waals surface area contributed by atoms with Crippen molar-refractivity contribution in [2.45, 2.75) is 20.0 Å². The van der Waals surface area contributed by atoms with Gasteiger partial charge in [0, 0.05) is 22.8 Å². The minimum atomic E-state index is -4.42. The third kappa shape index (κ3) is 4.41. The second-order valence-electron chi connectivity index (χ2n) is 6.25. The Balaban J connectivity index is 1.85. The molecule has 0 saturated heterocycles. The lowest BCUT2D eigenvalue weighted by molar-refractivity contribution is -0.137.